The van der Waals surface area contributed by atoms with Gasteiger partial charge in [0.2, 0.25) is 0 Å². The molecule has 0 saturated heterocycles. The van der Waals surface area contributed by atoms with Crippen molar-refractivity contribution in [3.63, 3.8) is 0 Å². The summed E-state index contributed by atoms with van der Waals surface area (Å²) in [6.07, 6.45) is 3.82. The lowest BCUT2D eigenvalue weighted by molar-refractivity contribution is 0.413. The number of rotatable bonds is 6. The van der Waals surface area contributed by atoms with Crippen molar-refractivity contribution in [3.05, 3.63) is 47.8 Å². The highest BCUT2D eigenvalue weighted by atomic mass is 16.5. The number of nitrogens with zero attached hydrogens (tertiary/aromatic N) is 2. The third-order valence-electron chi connectivity index (χ3n) is 4.00. The highest BCUT2D eigenvalue weighted by Crippen LogP contribution is 2.24. The predicted molar refractivity (Wildman–Crippen MR) is 85.5 cm³/mol. The molecule has 2 unspecified atom stereocenters. The van der Waals surface area contributed by atoms with Crippen molar-refractivity contribution < 1.29 is 4.74 Å². The lowest BCUT2D eigenvalue weighted by atomic mass is 9.88. The summed E-state index contributed by atoms with van der Waals surface area (Å²) in [4.78, 5) is 0. The van der Waals surface area contributed by atoms with Gasteiger partial charge >= 0.3 is 0 Å². The zero-order chi connectivity index (χ0) is 15.5. The Hall–Kier alpha value is -1.81. The monoisotopic (exact) mass is 287 g/mol. The minimum Gasteiger partial charge on any atom is -0.497 e. The number of nitrogens with two attached hydrogens (primary N) is 1. The maximum Gasteiger partial charge on any atom is 0.118 e. The van der Waals surface area contributed by atoms with E-state index < -0.39 is 5.54 Å². The summed E-state index contributed by atoms with van der Waals surface area (Å²) in [6, 6.07) is 10.4. The number of aromatic nitrogens is 2. The van der Waals surface area contributed by atoms with Crippen LogP contribution >= 0.6 is 0 Å². The van der Waals surface area contributed by atoms with E-state index in [4.69, 9.17) is 10.5 Å². The molecule has 21 heavy (non-hydrogen) atoms. The van der Waals surface area contributed by atoms with Crippen LogP contribution in [-0.4, -0.2) is 16.9 Å². The molecule has 0 aliphatic carbocycles. The summed E-state index contributed by atoms with van der Waals surface area (Å²) < 4.78 is 7.20. The molecule has 0 spiro atoms. The van der Waals surface area contributed by atoms with Gasteiger partial charge in [0.25, 0.3) is 0 Å². The Balaban J connectivity index is 2.14. The average molecular weight is 287 g/mol. The van der Waals surface area contributed by atoms with E-state index in [9.17, 15) is 0 Å². The summed E-state index contributed by atoms with van der Waals surface area (Å²) in [5.41, 5.74) is 8.15. The van der Waals surface area contributed by atoms with Crippen molar-refractivity contribution in [2.75, 3.05) is 7.11 Å². The van der Waals surface area contributed by atoms with Crippen LogP contribution in [-0.2, 0) is 12.0 Å². The smallest absolute Gasteiger partial charge is 0.118 e. The molecule has 4 heteroatoms. The van der Waals surface area contributed by atoms with E-state index in [-0.39, 0.29) is 0 Å². The summed E-state index contributed by atoms with van der Waals surface area (Å²) >= 11 is 0. The fourth-order valence-corrected chi connectivity index (χ4v) is 2.35. The lowest BCUT2D eigenvalue weighted by Crippen LogP contribution is -2.35. The van der Waals surface area contributed by atoms with Gasteiger partial charge in [0.1, 0.15) is 5.75 Å². The summed E-state index contributed by atoms with van der Waals surface area (Å²) in [6.45, 7) is 6.37. The summed E-state index contributed by atoms with van der Waals surface area (Å²) in [5, 5.41) is 4.64. The molecule has 0 aliphatic heterocycles. The largest absolute Gasteiger partial charge is 0.497 e. The van der Waals surface area contributed by atoms with Crippen molar-refractivity contribution >= 4 is 0 Å². The maximum atomic E-state index is 6.49. The SMILES string of the molecule is CCC(C)n1ccc(CC(C)(N)c2ccc(OC)cc2)n1. The van der Waals surface area contributed by atoms with Crippen LogP contribution in [0.25, 0.3) is 0 Å². The third kappa shape index (κ3) is 3.64. The van der Waals surface area contributed by atoms with Crippen LogP contribution in [0.1, 0.15) is 44.5 Å². The van der Waals surface area contributed by atoms with Gasteiger partial charge in [-0.15, -0.1) is 0 Å². The minimum atomic E-state index is -0.444. The summed E-state index contributed by atoms with van der Waals surface area (Å²) in [7, 11) is 1.66. The van der Waals surface area contributed by atoms with Crippen molar-refractivity contribution in [2.24, 2.45) is 5.73 Å². The van der Waals surface area contributed by atoms with Gasteiger partial charge in [-0.2, -0.15) is 5.10 Å². The Kier molecular flexibility index (Phi) is 4.68. The van der Waals surface area contributed by atoms with Gasteiger partial charge in [-0.25, -0.2) is 0 Å². The van der Waals surface area contributed by atoms with Crippen molar-refractivity contribution in [1.29, 1.82) is 0 Å². The molecule has 0 aliphatic rings. The van der Waals surface area contributed by atoms with E-state index in [1.54, 1.807) is 7.11 Å². The van der Waals surface area contributed by atoms with Crippen molar-refractivity contribution in [1.82, 2.24) is 9.78 Å². The zero-order valence-corrected chi connectivity index (χ0v) is 13.3. The van der Waals surface area contributed by atoms with Crippen LogP contribution in [0.4, 0.5) is 0 Å². The Morgan fingerprint density at radius 2 is 1.95 bits per heavy atom. The second kappa shape index (κ2) is 6.31. The zero-order valence-electron chi connectivity index (χ0n) is 13.3. The topological polar surface area (TPSA) is 53.1 Å². The van der Waals surface area contributed by atoms with Gasteiger partial charge < -0.3 is 10.5 Å². The van der Waals surface area contributed by atoms with E-state index >= 15 is 0 Å². The quantitative estimate of drug-likeness (QED) is 0.887. The average Bonchev–Trinajstić information content (AvgIpc) is 2.94. The third-order valence-corrected chi connectivity index (χ3v) is 4.00. The first-order valence-electron chi connectivity index (χ1n) is 7.43. The van der Waals surface area contributed by atoms with Gasteiger partial charge in [0, 0.05) is 24.2 Å². The first-order valence-corrected chi connectivity index (χ1v) is 7.43. The van der Waals surface area contributed by atoms with Gasteiger partial charge in [-0.05, 0) is 44.0 Å². The molecule has 2 atom stereocenters. The maximum absolute atomic E-state index is 6.49. The first kappa shape index (κ1) is 15.6. The van der Waals surface area contributed by atoms with E-state index in [0.29, 0.717) is 12.5 Å². The van der Waals surface area contributed by atoms with Gasteiger partial charge in [-0.1, -0.05) is 19.1 Å². The van der Waals surface area contributed by atoms with Gasteiger partial charge in [-0.3, -0.25) is 4.68 Å². The molecule has 2 aromatic rings. The minimum absolute atomic E-state index is 0.420. The van der Waals surface area contributed by atoms with E-state index in [1.807, 2.05) is 42.1 Å². The number of hydrogen-bond donors (Lipinski definition) is 1. The fourth-order valence-electron chi connectivity index (χ4n) is 2.35. The molecule has 0 saturated carbocycles. The Morgan fingerprint density at radius 3 is 2.52 bits per heavy atom. The fraction of sp³-hybridized carbons (Fsp3) is 0.471. The van der Waals surface area contributed by atoms with Gasteiger partial charge in [0.05, 0.1) is 12.8 Å². The Labute approximate surface area is 126 Å². The molecule has 0 bridgehead atoms. The van der Waals surface area contributed by atoms with E-state index in [0.717, 1.165) is 23.4 Å². The van der Waals surface area contributed by atoms with Crippen molar-refractivity contribution in [2.45, 2.75) is 45.2 Å². The molecule has 1 heterocycles. The van der Waals surface area contributed by atoms with E-state index in [2.05, 4.69) is 25.0 Å². The summed E-state index contributed by atoms with van der Waals surface area (Å²) in [5.74, 6) is 0.843. The highest BCUT2D eigenvalue weighted by Gasteiger charge is 2.23. The molecule has 1 aromatic heterocycles. The Bertz CT molecular complexity index is 572. The predicted octanol–water partition coefficient (Wildman–Crippen LogP) is 3.28. The van der Waals surface area contributed by atoms with E-state index in [1.165, 1.54) is 0 Å². The molecule has 4 nitrogen and oxygen atoms in total. The van der Waals surface area contributed by atoms with Crippen molar-refractivity contribution in [3.8, 4) is 5.75 Å². The normalized spacial score (nSPS) is 15.5. The molecule has 2 N–H and O–H groups in total. The van der Waals surface area contributed by atoms with Crippen LogP contribution in [0.3, 0.4) is 0 Å². The number of hydrogen-bond acceptors (Lipinski definition) is 3. The van der Waals surface area contributed by atoms with Crippen LogP contribution in [0.2, 0.25) is 0 Å². The van der Waals surface area contributed by atoms with Crippen LogP contribution in [0.15, 0.2) is 36.5 Å². The first-order chi connectivity index (χ1) is 9.96. The molecule has 0 amide bonds. The molecule has 1 aromatic carbocycles. The number of methoxy groups -OCH3 is 1. The molecule has 0 radical (unpaired) electrons. The highest BCUT2D eigenvalue weighted by molar-refractivity contribution is 5.32. The molecular weight excluding hydrogens is 262 g/mol. The van der Waals surface area contributed by atoms with Crippen LogP contribution in [0, 0.1) is 0 Å². The Morgan fingerprint density at radius 1 is 1.29 bits per heavy atom. The molecular formula is C17H25N3O. The standard InChI is InChI=1S/C17H25N3O/c1-5-13(2)20-11-10-15(19-20)12-17(3,18)14-6-8-16(21-4)9-7-14/h6-11,13H,5,12,18H2,1-4H3. The second-order valence-electron chi connectivity index (χ2n) is 5.87. The second-order valence-corrected chi connectivity index (χ2v) is 5.87. The number of benzene rings is 1. The van der Waals surface area contributed by atoms with Crippen LogP contribution < -0.4 is 10.5 Å². The lowest BCUT2D eigenvalue weighted by Gasteiger charge is -2.24. The van der Waals surface area contributed by atoms with Gasteiger partial charge in [0.15, 0.2) is 0 Å². The molecule has 114 valence electrons. The van der Waals surface area contributed by atoms with Crippen LogP contribution in [0.5, 0.6) is 5.75 Å². The molecule has 0 fully saturated rings. The molecule has 2 rings (SSSR count). The number of ether oxygens (including phenoxy) is 1.